The van der Waals surface area contributed by atoms with Gasteiger partial charge in [0.1, 0.15) is 0 Å². The minimum absolute atomic E-state index is 0.142. The maximum absolute atomic E-state index is 12.9. The molecule has 0 unspecified atom stereocenters. The van der Waals surface area contributed by atoms with Gasteiger partial charge in [0.15, 0.2) is 0 Å². The normalized spacial score (nSPS) is 11.8. The quantitative estimate of drug-likeness (QED) is 0.637. The van der Waals surface area contributed by atoms with Crippen LogP contribution in [0.3, 0.4) is 0 Å². The Morgan fingerprint density at radius 1 is 1.17 bits per heavy atom. The van der Waals surface area contributed by atoms with Crippen molar-refractivity contribution >= 4 is 46.9 Å². The van der Waals surface area contributed by atoms with E-state index in [1.54, 1.807) is 41.3 Å². The van der Waals surface area contributed by atoms with Crippen molar-refractivity contribution in [1.29, 1.82) is 5.41 Å². The summed E-state index contributed by atoms with van der Waals surface area (Å²) in [4.78, 5) is 14.6. The molecular formula is C18H17Cl3N2O. The predicted molar refractivity (Wildman–Crippen MR) is 101 cm³/mol. The summed E-state index contributed by atoms with van der Waals surface area (Å²) >= 11 is 18.2. The second-order valence-electron chi connectivity index (χ2n) is 5.44. The Hall–Kier alpha value is -1.55. The van der Waals surface area contributed by atoms with Crippen molar-refractivity contribution in [2.45, 2.75) is 25.9 Å². The molecular weight excluding hydrogens is 367 g/mol. The van der Waals surface area contributed by atoms with Crippen molar-refractivity contribution in [2.75, 3.05) is 0 Å². The van der Waals surface area contributed by atoms with Gasteiger partial charge in [-0.25, -0.2) is 0 Å². The summed E-state index contributed by atoms with van der Waals surface area (Å²) in [6.45, 7) is 2.22. The number of nitrogens with zero attached hydrogens (tertiary/aromatic N) is 1. The fourth-order valence-corrected chi connectivity index (χ4v) is 2.84. The third-order valence-corrected chi connectivity index (χ3v) is 4.83. The standard InChI is InChI=1S/C18H17Cl3N2O/c1-12(9-10-22)23(11-14-3-2-4-16(20)17(14)21)18(24)13-5-7-15(19)8-6-13/h2-8,10,12,22H,9,11H2,1H3/t12-/m1/s1. The van der Waals surface area contributed by atoms with Crippen LogP contribution in [-0.2, 0) is 6.54 Å². The van der Waals surface area contributed by atoms with E-state index in [0.717, 1.165) is 5.56 Å². The van der Waals surface area contributed by atoms with E-state index in [1.165, 1.54) is 6.21 Å². The molecule has 2 aromatic rings. The van der Waals surface area contributed by atoms with Crippen LogP contribution in [0.5, 0.6) is 0 Å². The van der Waals surface area contributed by atoms with E-state index >= 15 is 0 Å². The average molecular weight is 384 g/mol. The molecule has 2 aromatic carbocycles. The van der Waals surface area contributed by atoms with Crippen LogP contribution in [0.2, 0.25) is 15.1 Å². The Morgan fingerprint density at radius 3 is 2.46 bits per heavy atom. The number of hydrogen-bond acceptors (Lipinski definition) is 2. The lowest BCUT2D eigenvalue weighted by atomic mass is 10.1. The molecule has 1 atom stereocenters. The molecule has 24 heavy (non-hydrogen) atoms. The van der Waals surface area contributed by atoms with Crippen LogP contribution in [0.15, 0.2) is 42.5 Å². The van der Waals surface area contributed by atoms with Gasteiger partial charge in [-0.3, -0.25) is 4.79 Å². The van der Waals surface area contributed by atoms with Gasteiger partial charge in [0.05, 0.1) is 10.0 Å². The highest BCUT2D eigenvalue weighted by Crippen LogP contribution is 2.28. The molecule has 0 aliphatic heterocycles. The van der Waals surface area contributed by atoms with E-state index < -0.39 is 0 Å². The molecule has 3 nitrogen and oxygen atoms in total. The molecule has 0 aliphatic rings. The van der Waals surface area contributed by atoms with Gasteiger partial charge in [0, 0.05) is 29.6 Å². The first kappa shape index (κ1) is 18.8. The summed E-state index contributed by atoms with van der Waals surface area (Å²) < 4.78 is 0. The smallest absolute Gasteiger partial charge is 0.254 e. The number of amides is 1. The average Bonchev–Trinajstić information content (AvgIpc) is 2.56. The van der Waals surface area contributed by atoms with Crippen molar-refractivity contribution in [3.8, 4) is 0 Å². The van der Waals surface area contributed by atoms with Gasteiger partial charge in [0.2, 0.25) is 0 Å². The van der Waals surface area contributed by atoms with Crippen LogP contribution >= 0.6 is 34.8 Å². The Balaban J connectivity index is 2.33. The van der Waals surface area contributed by atoms with Crippen LogP contribution in [0.4, 0.5) is 0 Å². The largest absolute Gasteiger partial charge is 0.331 e. The molecule has 1 N–H and O–H groups in total. The fourth-order valence-electron chi connectivity index (χ4n) is 2.34. The van der Waals surface area contributed by atoms with Gasteiger partial charge >= 0.3 is 0 Å². The number of carbonyl (C=O) groups excluding carboxylic acids is 1. The van der Waals surface area contributed by atoms with E-state index in [-0.39, 0.29) is 11.9 Å². The van der Waals surface area contributed by atoms with Gasteiger partial charge in [-0.15, -0.1) is 0 Å². The number of benzene rings is 2. The highest BCUT2D eigenvalue weighted by molar-refractivity contribution is 6.42. The van der Waals surface area contributed by atoms with Crippen molar-refractivity contribution < 1.29 is 4.79 Å². The molecule has 0 aliphatic carbocycles. The van der Waals surface area contributed by atoms with Gasteiger partial charge < -0.3 is 10.3 Å². The fraction of sp³-hybridized carbons (Fsp3) is 0.222. The van der Waals surface area contributed by atoms with E-state index in [4.69, 9.17) is 40.2 Å². The third kappa shape index (κ3) is 4.50. The second-order valence-corrected chi connectivity index (χ2v) is 6.66. The first-order chi connectivity index (χ1) is 11.4. The van der Waals surface area contributed by atoms with Crippen molar-refractivity contribution in [2.24, 2.45) is 0 Å². The molecule has 0 saturated carbocycles. The minimum Gasteiger partial charge on any atom is -0.331 e. The molecule has 0 bridgehead atoms. The summed E-state index contributed by atoms with van der Waals surface area (Å²) in [6, 6.07) is 11.9. The molecule has 0 fully saturated rings. The number of nitrogens with one attached hydrogen (secondary N) is 1. The van der Waals surface area contributed by atoms with E-state index in [9.17, 15) is 4.79 Å². The Labute approximate surface area is 156 Å². The zero-order valence-corrected chi connectivity index (χ0v) is 15.4. The highest BCUT2D eigenvalue weighted by Gasteiger charge is 2.22. The van der Waals surface area contributed by atoms with Crippen LogP contribution in [0.1, 0.15) is 29.3 Å². The van der Waals surface area contributed by atoms with Crippen molar-refractivity contribution in [3.63, 3.8) is 0 Å². The number of rotatable bonds is 6. The molecule has 0 spiro atoms. The summed E-state index contributed by atoms with van der Waals surface area (Å²) in [5.74, 6) is -0.142. The second kappa shape index (κ2) is 8.52. The zero-order chi connectivity index (χ0) is 17.7. The van der Waals surface area contributed by atoms with E-state index in [1.807, 2.05) is 13.0 Å². The minimum atomic E-state index is -0.152. The molecule has 0 radical (unpaired) electrons. The van der Waals surface area contributed by atoms with Crippen molar-refractivity contribution in [3.05, 3.63) is 68.7 Å². The van der Waals surface area contributed by atoms with Gasteiger partial charge in [-0.1, -0.05) is 46.9 Å². The van der Waals surface area contributed by atoms with Gasteiger partial charge in [-0.05, 0) is 49.0 Å². The van der Waals surface area contributed by atoms with E-state index in [0.29, 0.717) is 33.6 Å². The molecule has 0 saturated heterocycles. The number of carbonyl (C=O) groups is 1. The zero-order valence-electron chi connectivity index (χ0n) is 13.1. The Morgan fingerprint density at radius 2 is 1.83 bits per heavy atom. The van der Waals surface area contributed by atoms with Gasteiger partial charge in [-0.2, -0.15) is 0 Å². The van der Waals surface area contributed by atoms with Gasteiger partial charge in [0.25, 0.3) is 5.91 Å². The lowest BCUT2D eigenvalue weighted by Gasteiger charge is -2.29. The van der Waals surface area contributed by atoms with E-state index in [2.05, 4.69) is 0 Å². The summed E-state index contributed by atoms with van der Waals surface area (Å²) in [7, 11) is 0. The SMILES string of the molecule is C[C@H](CC=N)N(Cc1cccc(Cl)c1Cl)C(=O)c1ccc(Cl)cc1. The summed E-state index contributed by atoms with van der Waals surface area (Å²) in [6.07, 6.45) is 1.75. The summed E-state index contributed by atoms with van der Waals surface area (Å²) in [5, 5.41) is 8.79. The summed E-state index contributed by atoms with van der Waals surface area (Å²) in [5.41, 5.74) is 1.30. The molecule has 6 heteroatoms. The maximum atomic E-state index is 12.9. The number of halogens is 3. The third-order valence-electron chi connectivity index (χ3n) is 3.72. The van der Waals surface area contributed by atoms with Crippen LogP contribution in [-0.4, -0.2) is 23.1 Å². The van der Waals surface area contributed by atoms with Crippen LogP contribution in [0.25, 0.3) is 0 Å². The van der Waals surface area contributed by atoms with Crippen LogP contribution < -0.4 is 0 Å². The first-order valence-corrected chi connectivity index (χ1v) is 8.55. The molecule has 126 valence electrons. The topological polar surface area (TPSA) is 44.2 Å². The highest BCUT2D eigenvalue weighted by atomic mass is 35.5. The lowest BCUT2D eigenvalue weighted by Crippen LogP contribution is -2.38. The first-order valence-electron chi connectivity index (χ1n) is 7.42. The Kier molecular flexibility index (Phi) is 6.67. The molecule has 1 amide bonds. The molecule has 0 aromatic heterocycles. The lowest BCUT2D eigenvalue weighted by molar-refractivity contribution is 0.0682. The number of hydrogen-bond donors (Lipinski definition) is 1. The maximum Gasteiger partial charge on any atom is 0.254 e. The predicted octanol–water partition coefficient (Wildman–Crippen LogP) is 5.72. The monoisotopic (exact) mass is 382 g/mol. The van der Waals surface area contributed by atoms with Crippen LogP contribution in [0, 0.1) is 5.41 Å². The van der Waals surface area contributed by atoms with Crippen molar-refractivity contribution in [1.82, 2.24) is 4.90 Å². The molecule has 2 rings (SSSR count). The Bertz CT molecular complexity index is 732. The molecule has 0 heterocycles.